The molecule has 1 aliphatic rings. The summed E-state index contributed by atoms with van der Waals surface area (Å²) in [5.74, 6) is 0.961. The molecule has 0 saturated carbocycles. The van der Waals surface area contributed by atoms with Gasteiger partial charge in [-0.1, -0.05) is 13.0 Å². The van der Waals surface area contributed by atoms with Crippen molar-refractivity contribution in [3.05, 3.63) is 22.4 Å². The zero-order valence-electron chi connectivity index (χ0n) is 12.8. The van der Waals surface area contributed by atoms with Crippen LogP contribution in [-0.2, 0) is 16.0 Å². The summed E-state index contributed by atoms with van der Waals surface area (Å²) >= 11 is 1.77. The normalized spacial score (nSPS) is 22.4. The Morgan fingerprint density at radius 1 is 1.57 bits per heavy atom. The van der Waals surface area contributed by atoms with Crippen LogP contribution in [0.4, 0.5) is 0 Å². The number of thiophene rings is 1. The lowest BCUT2D eigenvalue weighted by Crippen LogP contribution is -2.41. The first-order chi connectivity index (χ1) is 10.2. The molecular formula is C15H23N3O2S. The van der Waals surface area contributed by atoms with Crippen LogP contribution in [0.5, 0.6) is 0 Å². The second-order valence-electron chi connectivity index (χ2n) is 5.32. The fourth-order valence-corrected chi connectivity index (χ4v) is 3.39. The van der Waals surface area contributed by atoms with Gasteiger partial charge in [0.1, 0.15) is 0 Å². The van der Waals surface area contributed by atoms with Crippen molar-refractivity contribution in [3.8, 4) is 0 Å². The first-order valence-electron chi connectivity index (χ1n) is 7.21. The molecule has 6 heteroatoms. The number of hydrogen-bond acceptors (Lipinski definition) is 4. The number of esters is 1. The Morgan fingerprint density at radius 2 is 2.38 bits per heavy atom. The van der Waals surface area contributed by atoms with Crippen LogP contribution >= 0.6 is 11.3 Å². The number of nitrogens with zero attached hydrogens (tertiary/aromatic N) is 2. The minimum atomic E-state index is -0.126. The molecule has 1 N–H and O–H groups in total. The quantitative estimate of drug-likeness (QED) is 0.521. The summed E-state index contributed by atoms with van der Waals surface area (Å²) < 4.78 is 4.87. The topological polar surface area (TPSA) is 53.9 Å². The maximum atomic E-state index is 11.7. The zero-order chi connectivity index (χ0) is 15.2. The van der Waals surface area contributed by atoms with Crippen LogP contribution in [-0.4, -0.2) is 50.6 Å². The molecule has 1 aliphatic heterocycles. The molecule has 1 saturated heterocycles. The average Bonchev–Trinajstić information content (AvgIpc) is 3.12. The molecule has 0 spiro atoms. The first kappa shape index (κ1) is 15.8. The van der Waals surface area contributed by atoms with Crippen molar-refractivity contribution in [2.75, 3.05) is 33.8 Å². The van der Waals surface area contributed by atoms with Gasteiger partial charge in [0.15, 0.2) is 5.96 Å². The van der Waals surface area contributed by atoms with E-state index in [1.165, 1.54) is 12.0 Å². The maximum Gasteiger partial charge on any atom is 0.310 e. The van der Waals surface area contributed by atoms with Crippen molar-refractivity contribution >= 4 is 23.3 Å². The number of carbonyl (C=O) groups is 1. The van der Waals surface area contributed by atoms with E-state index in [0.717, 1.165) is 25.5 Å². The van der Waals surface area contributed by atoms with E-state index in [1.807, 2.05) is 0 Å². The molecule has 2 rings (SSSR count). The predicted molar refractivity (Wildman–Crippen MR) is 85.6 cm³/mol. The molecule has 2 heterocycles. The highest BCUT2D eigenvalue weighted by Crippen LogP contribution is 2.24. The number of aliphatic imine (C=N–C) groups is 1. The third kappa shape index (κ3) is 3.97. The van der Waals surface area contributed by atoms with Gasteiger partial charge in [-0.05, 0) is 23.8 Å². The number of rotatable bonds is 4. The fourth-order valence-electron chi connectivity index (χ4n) is 2.68. The van der Waals surface area contributed by atoms with Gasteiger partial charge < -0.3 is 15.0 Å². The lowest BCUT2D eigenvalue weighted by atomic mass is 9.99. The molecule has 1 fully saturated rings. The summed E-state index contributed by atoms with van der Waals surface area (Å²) in [5.41, 5.74) is 0. The van der Waals surface area contributed by atoms with Crippen LogP contribution in [0.3, 0.4) is 0 Å². The number of hydrogen-bond donors (Lipinski definition) is 1. The molecule has 2 unspecified atom stereocenters. The van der Waals surface area contributed by atoms with E-state index in [-0.39, 0.29) is 17.8 Å². The Kier molecular flexibility index (Phi) is 5.61. The average molecular weight is 309 g/mol. The number of carbonyl (C=O) groups excluding carboxylic acids is 1. The molecular weight excluding hydrogens is 286 g/mol. The molecule has 1 aromatic rings. The summed E-state index contributed by atoms with van der Waals surface area (Å²) in [5, 5.41) is 5.47. The van der Waals surface area contributed by atoms with Crippen LogP contribution in [0.2, 0.25) is 0 Å². The van der Waals surface area contributed by atoms with E-state index < -0.39 is 0 Å². The minimum absolute atomic E-state index is 0.0640. The molecule has 0 aliphatic carbocycles. The smallest absolute Gasteiger partial charge is 0.310 e. The van der Waals surface area contributed by atoms with Gasteiger partial charge in [-0.2, -0.15) is 0 Å². The number of nitrogens with one attached hydrogen (secondary N) is 1. The Balaban J connectivity index is 1.86. The van der Waals surface area contributed by atoms with Gasteiger partial charge in [-0.3, -0.25) is 9.79 Å². The van der Waals surface area contributed by atoms with Gasteiger partial charge >= 0.3 is 5.97 Å². The summed E-state index contributed by atoms with van der Waals surface area (Å²) in [7, 11) is 3.23. The maximum absolute atomic E-state index is 11.7. The summed E-state index contributed by atoms with van der Waals surface area (Å²) in [6.07, 6.45) is 0.987. The van der Waals surface area contributed by atoms with E-state index >= 15 is 0 Å². The van der Waals surface area contributed by atoms with Crippen LogP contribution < -0.4 is 5.32 Å². The van der Waals surface area contributed by atoms with E-state index in [0.29, 0.717) is 6.54 Å². The lowest BCUT2D eigenvalue weighted by Gasteiger charge is -2.21. The highest BCUT2D eigenvalue weighted by Gasteiger charge is 2.36. The number of guanidine groups is 1. The zero-order valence-corrected chi connectivity index (χ0v) is 13.7. The molecule has 5 nitrogen and oxygen atoms in total. The van der Waals surface area contributed by atoms with Crippen LogP contribution in [0.25, 0.3) is 0 Å². The summed E-state index contributed by atoms with van der Waals surface area (Å²) in [6, 6.07) is 4.21. The van der Waals surface area contributed by atoms with Crippen molar-refractivity contribution in [1.82, 2.24) is 10.2 Å². The fraction of sp³-hybridized carbons (Fsp3) is 0.600. The molecule has 0 aromatic carbocycles. The Hall–Kier alpha value is -1.56. The Labute approximate surface area is 130 Å². The summed E-state index contributed by atoms with van der Waals surface area (Å²) in [4.78, 5) is 19.6. The van der Waals surface area contributed by atoms with Gasteiger partial charge in [0.25, 0.3) is 0 Å². The number of ether oxygens (including phenoxy) is 1. The van der Waals surface area contributed by atoms with E-state index in [1.54, 1.807) is 18.4 Å². The first-order valence-corrected chi connectivity index (χ1v) is 8.09. The standard InChI is InChI=1S/C15H23N3O2S/c1-11-9-18(10-13(11)14(19)20-3)15(16-2)17-7-6-12-5-4-8-21-12/h4-5,8,11,13H,6-7,9-10H2,1-3H3,(H,16,17). The molecule has 21 heavy (non-hydrogen) atoms. The number of likely N-dealkylation sites (tertiary alicyclic amines) is 1. The van der Waals surface area contributed by atoms with Crippen LogP contribution in [0.15, 0.2) is 22.5 Å². The molecule has 1 aromatic heterocycles. The largest absolute Gasteiger partial charge is 0.469 e. The van der Waals surface area contributed by atoms with Gasteiger partial charge in [0, 0.05) is 31.6 Å². The van der Waals surface area contributed by atoms with Crippen molar-refractivity contribution in [2.24, 2.45) is 16.8 Å². The van der Waals surface area contributed by atoms with Crippen molar-refractivity contribution in [3.63, 3.8) is 0 Å². The number of methoxy groups -OCH3 is 1. The minimum Gasteiger partial charge on any atom is -0.469 e. The Bertz CT molecular complexity index is 487. The van der Waals surface area contributed by atoms with Crippen LogP contribution in [0, 0.1) is 11.8 Å². The second-order valence-corrected chi connectivity index (χ2v) is 6.35. The van der Waals surface area contributed by atoms with Gasteiger partial charge in [0.05, 0.1) is 13.0 Å². The molecule has 0 bridgehead atoms. The Morgan fingerprint density at radius 3 is 3.00 bits per heavy atom. The third-order valence-electron chi connectivity index (χ3n) is 3.86. The molecule has 2 atom stereocenters. The van der Waals surface area contributed by atoms with E-state index in [4.69, 9.17) is 4.74 Å². The SMILES string of the molecule is CN=C(NCCc1cccs1)N1CC(C)C(C(=O)OC)C1. The second kappa shape index (κ2) is 7.45. The highest BCUT2D eigenvalue weighted by atomic mass is 32.1. The van der Waals surface area contributed by atoms with E-state index in [9.17, 15) is 4.79 Å². The van der Waals surface area contributed by atoms with Crippen molar-refractivity contribution in [2.45, 2.75) is 13.3 Å². The highest BCUT2D eigenvalue weighted by molar-refractivity contribution is 7.09. The molecule has 0 radical (unpaired) electrons. The van der Waals surface area contributed by atoms with Crippen molar-refractivity contribution < 1.29 is 9.53 Å². The summed E-state index contributed by atoms with van der Waals surface area (Å²) in [6.45, 7) is 4.44. The monoisotopic (exact) mass is 309 g/mol. The van der Waals surface area contributed by atoms with Gasteiger partial charge in [0.2, 0.25) is 0 Å². The lowest BCUT2D eigenvalue weighted by molar-refractivity contribution is -0.145. The van der Waals surface area contributed by atoms with Crippen LogP contribution in [0.1, 0.15) is 11.8 Å². The predicted octanol–water partition coefficient (Wildman–Crippen LogP) is 1.61. The molecule has 0 amide bonds. The van der Waals surface area contributed by atoms with E-state index in [2.05, 4.69) is 39.6 Å². The third-order valence-corrected chi connectivity index (χ3v) is 4.80. The molecule has 116 valence electrons. The van der Waals surface area contributed by atoms with Crippen molar-refractivity contribution in [1.29, 1.82) is 0 Å². The van der Waals surface area contributed by atoms with Gasteiger partial charge in [-0.15, -0.1) is 11.3 Å². The van der Waals surface area contributed by atoms with Gasteiger partial charge in [-0.25, -0.2) is 0 Å².